The van der Waals surface area contributed by atoms with Gasteiger partial charge in [-0.3, -0.25) is 14.5 Å². The van der Waals surface area contributed by atoms with Crippen molar-refractivity contribution in [2.24, 2.45) is 16.1 Å². The van der Waals surface area contributed by atoms with Crippen molar-refractivity contribution in [3.05, 3.63) is 29.8 Å². The van der Waals surface area contributed by atoms with Gasteiger partial charge in [0.2, 0.25) is 5.91 Å². The van der Waals surface area contributed by atoms with Gasteiger partial charge < -0.3 is 10.6 Å². The number of halogens is 1. The van der Waals surface area contributed by atoms with Crippen LogP contribution in [-0.4, -0.2) is 50.7 Å². The molecular formula is C18H27ClN4O3S. The number of nitrogens with zero attached hydrogens (tertiary/aromatic N) is 2. The molecule has 7 nitrogen and oxygen atoms in total. The number of likely N-dealkylation sites (tertiary alicyclic amines) is 1. The van der Waals surface area contributed by atoms with Crippen LogP contribution in [0.2, 0.25) is 0 Å². The summed E-state index contributed by atoms with van der Waals surface area (Å²) in [5.74, 6) is 0.468. The topological polar surface area (TPSA) is 105 Å². The first-order chi connectivity index (χ1) is 12.2. The fraction of sp³-hybridized carbons (Fsp3) is 0.556. The van der Waals surface area contributed by atoms with Gasteiger partial charge in [-0.1, -0.05) is 26.0 Å². The third-order valence-corrected chi connectivity index (χ3v) is 6.54. The van der Waals surface area contributed by atoms with E-state index in [0.717, 1.165) is 6.42 Å². The summed E-state index contributed by atoms with van der Waals surface area (Å²) in [6, 6.07) is 6.88. The maximum Gasteiger partial charge on any atom is 0.263 e. The van der Waals surface area contributed by atoms with Crippen LogP contribution in [0.5, 0.6) is 0 Å². The first-order valence-corrected chi connectivity index (χ1v) is 10.4. The molecule has 27 heavy (non-hydrogen) atoms. The minimum absolute atomic E-state index is 0. The van der Waals surface area contributed by atoms with E-state index in [1.807, 2.05) is 4.90 Å². The van der Waals surface area contributed by atoms with Crippen molar-refractivity contribution >= 4 is 34.2 Å². The first kappa shape index (κ1) is 21.7. The molecule has 2 aliphatic heterocycles. The number of aliphatic imine (C=N–C) groups is 1. The van der Waals surface area contributed by atoms with Crippen LogP contribution in [0.25, 0.3) is 0 Å². The number of amides is 1. The van der Waals surface area contributed by atoms with E-state index in [0.29, 0.717) is 43.9 Å². The van der Waals surface area contributed by atoms with Crippen LogP contribution in [-0.2, 0) is 14.8 Å². The maximum absolute atomic E-state index is 12.4. The molecule has 0 aromatic heterocycles. The summed E-state index contributed by atoms with van der Waals surface area (Å²) in [4.78, 5) is 18.9. The lowest BCUT2D eigenvalue weighted by Gasteiger charge is -2.42. The number of carbonyl (C=O) groups excluding carboxylic acids is 1. The molecule has 3 rings (SSSR count). The van der Waals surface area contributed by atoms with Crippen molar-refractivity contribution in [1.82, 2.24) is 9.62 Å². The van der Waals surface area contributed by atoms with Crippen LogP contribution in [0.4, 0.5) is 0 Å². The van der Waals surface area contributed by atoms with Gasteiger partial charge in [0.25, 0.3) is 10.0 Å². The van der Waals surface area contributed by atoms with Crippen LogP contribution in [0.3, 0.4) is 0 Å². The lowest BCUT2D eigenvalue weighted by Crippen LogP contribution is -2.53. The number of piperidine rings is 1. The number of sulfonamides is 1. The lowest BCUT2D eigenvalue weighted by atomic mass is 9.79. The number of nitrogens with two attached hydrogens (primary N) is 1. The minimum atomic E-state index is -3.51. The van der Waals surface area contributed by atoms with Crippen LogP contribution < -0.4 is 10.5 Å². The van der Waals surface area contributed by atoms with E-state index in [9.17, 15) is 13.2 Å². The average molecular weight is 415 g/mol. The van der Waals surface area contributed by atoms with E-state index in [-0.39, 0.29) is 34.7 Å². The summed E-state index contributed by atoms with van der Waals surface area (Å²) in [6.45, 7) is 5.95. The molecule has 2 heterocycles. The molecule has 150 valence electrons. The van der Waals surface area contributed by atoms with E-state index < -0.39 is 10.0 Å². The SMILES string of the molecule is CC1(C)CN(C(=O)CCCN=C2NS(=O)(=O)c3ccccc32)CCC1N.Cl. The second kappa shape index (κ2) is 8.16. The molecular weight excluding hydrogens is 388 g/mol. The van der Waals surface area contributed by atoms with E-state index in [1.54, 1.807) is 24.3 Å². The Bertz CT molecular complexity index is 839. The van der Waals surface area contributed by atoms with E-state index in [1.165, 1.54) is 0 Å². The summed E-state index contributed by atoms with van der Waals surface area (Å²) in [7, 11) is -3.51. The Morgan fingerprint density at radius 3 is 2.78 bits per heavy atom. The van der Waals surface area contributed by atoms with Crippen molar-refractivity contribution < 1.29 is 13.2 Å². The standard InChI is InChI=1S/C18H26N4O3S.ClH/c1-18(2)12-22(11-9-15(18)19)16(23)8-5-10-20-17-13-6-3-4-7-14(13)26(24,25)21-17;/h3-4,6-7,15H,5,8-12,19H2,1-2H3,(H,20,21);1H. The highest BCUT2D eigenvalue weighted by atomic mass is 35.5. The number of nitrogens with one attached hydrogen (secondary N) is 1. The van der Waals surface area contributed by atoms with E-state index >= 15 is 0 Å². The number of benzene rings is 1. The number of hydrogen-bond donors (Lipinski definition) is 2. The molecule has 0 radical (unpaired) electrons. The predicted molar refractivity (Wildman–Crippen MR) is 108 cm³/mol. The van der Waals surface area contributed by atoms with Crippen molar-refractivity contribution in [3.63, 3.8) is 0 Å². The van der Waals surface area contributed by atoms with Gasteiger partial charge in [-0.2, -0.15) is 0 Å². The number of rotatable bonds is 4. The molecule has 0 saturated carbocycles. The summed E-state index contributed by atoms with van der Waals surface area (Å²) >= 11 is 0. The summed E-state index contributed by atoms with van der Waals surface area (Å²) < 4.78 is 26.5. The molecule has 0 bridgehead atoms. The fourth-order valence-electron chi connectivity index (χ4n) is 3.42. The first-order valence-electron chi connectivity index (χ1n) is 8.91. The molecule has 1 saturated heterocycles. The third kappa shape index (κ3) is 4.62. The summed E-state index contributed by atoms with van der Waals surface area (Å²) in [6.07, 6.45) is 1.80. The molecule has 3 N–H and O–H groups in total. The van der Waals surface area contributed by atoms with E-state index in [4.69, 9.17) is 5.73 Å². The van der Waals surface area contributed by atoms with Gasteiger partial charge in [-0.15, -0.1) is 12.4 Å². The van der Waals surface area contributed by atoms with Gasteiger partial charge in [0.15, 0.2) is 0 Å². The van der Waals surface area contributed by atoms with Crippen molar-refractivity contribution in [2.45, 2.75) is 44.0 Å². The number of fused-ring (bicyclic) bond motifs is 1. The summed E-state index contributed by atoms with van der Waals surface area (Å²) in [5, 5.41) is 0. The largest absolute Gasteiger partial charge is 0.342 e. The Morgan fingerprint density at radius 1 is 1.37 bits per heavy atom. The Morgan fingerprint density at radius 2 is 2.07 bits per heavy atom. The number of hydrogen-bond acceptors (Lipinski definition) is 5. The van der Waals surface area contributed by atoms with Crippen LogP contribution >= 0.6 is 12.4 Å². The van der Waals surface area contributed by atoms with Gasteiger partial charge in [0.05, 0.1) is 4.90 Å². The molecule has 9 heteroatoms. The van der Waals surface area contributed by atoms with Gasteiger partial charge >= 0.3 is 0 Å². The molecule has 0 spiro atoms. The fourth-order valence-corrected chi connectivity index (χ4v) is 4.67. The smallest absolute Gasteiger partial charge is 0.263 e. The molecule has 1 aromatic carbocycles. The van der Waals surface area contributed by atoms with Gasteiger partial charge in [0, 0.05) is 37.7 Å². The molecule has 1 atom stereocenters. The zero-order chi connectivity index (χ0) is 18.9. The molecule has 2 aliphatic rings. The summed E-state index contributed by atoms with van der Waals surface area (Å²) in [5.41, 5.74) is 6.63. The minimum Gasteiger partial charge on any atom is -0.342 e. The zero-order valence-electron chi connectivity index (χ0n) is 15.6. The van der Waals surface area contributed by atoms with Crippen LogP contribution in [0, 0.1) is 5.41 Å². The van der Waals surface area contributed by atoms with Crippen molar-refractivity contribution in [2.75, 3.05) is 19.6 Å². The maximum atomic E-state index is 12.4. The lowest BCUT2D eigenvalue weighted by molar-refractivity contribution is -0.134. The molecule has 0 aliphatic carbocycles. The third-order valence-electron chi connectivity index (χ3n) is 5.15. The normalized spacial score (nSPS) is 24.0. The van der Waals surface area contributed by atoms with Crippen molar-refractivity contribution in [3.8, 4) is 0 Å². The molecule has 1 amide bonds. The highest BCUT2D eigenvalue weighted by Crippen LogP contribution is 2.28. The quantitative estimate of drug-likeness (QED) is 0.728. The average Bonchev–Trinajstić information content (AvgIpc) is 2.85. The highest BCUT2D eigenvalue weighted by molar-refractivity contribution is 7.90. The molecule has 1 aromatic rings. The van der Waals surface area contributed by atoms with Crippen LogP contribution in [0.15, 0.2) is 34.2 Å². The number of carbonyl (C=O) groups is 1. The second-order valence-corrected chi connectivity index (χ2v) is 9.29. The predicted octanol–water partition coefficient (Wildman–Crippen LogP) is 1.51. The van der Waals surface area contributed by atoms with Gasteiger partial charge in [-0.05, 0) is 30.4 Å². The van der Waals surface area contributed by atoms with Crippen LogP contribution in [0.1, 0.15) is 38.7 Å². The van der Waals surface area contributed by atoms with Gasteiger partial charge in [0.1, 0.15) is 5.84 Å². The molecule has 1 fully saturated rings. The Kier molecular flexibility index (Phi) is 6.55. The molecule has 1 unspecified atom stereocenters. The Balaban J connectivity index is 0.00000261. The highest BCUT2D eigenvalue weighted by Gasteiger charge is 2.35. The number of amidine groups is 1. The van der Waals surface area contributed by atoms with Gasteiger partial charge in [-0.25, -0.2) is 8.42 Å². The Hall–Kier alpha value is -1.64. The van der Waals surface area contributed by atoms with E-state index in [2.05, 4.69) is 23.6 Å². The van der Waals surface area contributed by atoms with Crippen molar-refractivity contribution in [1.29, 1.82) is 0 Å². The Labute approximate surface area is 166 Å². The monoisotopic (exact) mass is 414 g/mol. The zero-order valence-corrected chi connectivity index (χ0v) is 17.3. The second-order valence-electron chi connectivity index (χ2n) is 7.63.